The van der Waals surface area contributed by atoms with Gasteiger partial charge in [0.1, 0.15) is 12.0 Å². The number of benzene rings is 1. The van der Waals surface area contributed by atoms with Crippen LogP contribution in [0, 0.1) is 0 Å². The Bertz CT molecular complexity index is 769. The second-order valence-electron chi connectivity index (χ2n) is 6.20. The highest BCUT2D eigenvalue weighted by Crippen LogP contribution is 2.33. The van der Waals surface area contributed by atoms with Gasteiger partial charge in [0.25, 0.3) is 0 Å². The van der Waals surface area contributed by atoms with Gasteiger partial charge in [-0.25, -0.2) is 4.79 Å². The van der Waals surface area contributed by atoms with E-state index in [4.69, 9.17) is 13.9 Å². The maximum absolute atomic E-state index is 12.1. The summed E-state index contributed by atoms with van der Waals surface area (Å²) >= 11 is 0. The van der Waals surface area contributed by atoms with Crippen LogP contribution < -0.4 is 10.2 Å². The minimum Gasteiger partial charge on any atom is -0.460 e. The van der Waals surface area contributed by atoms with Gasteiger partial charge in [0.05, 0.1) is 6.61 Å². The molecule has 1 heterocycles. The number of carbonyl (C=O) groups excluding carboxylic acids is 1. The first-order valence-electron chi connectivity index (χ1n) is 8.75. The molecule has 0 amide bonds. The van der Waals surface area contributed by atoms with Crippen molar-refractivity contribution >= 4 is 5.97 Å². The quantitative estimate of drug-likeness (QED) is 0.740. The van der Waals surface area contributed by atoms with Crippen molar-refractivity contribution in [3.8, 4) is 11.5 Å². The fraction of sp³-hybridized carbons (Fsp3) is 0.400. The van der Waals surface area contributed by atoms with E-state index in [9.17, 15) is 9.59 Å². The van der Waals surface area contributed by atoms with Crippen molar-refractivity contribution in [2.24, 2.45) is 0 Å². The zero-order chi connectivity index (χ0) is 17.6. The van der Waals surface area contributed by atoms with Crippen LogP contribution in [-0.2, 0) is 4.74 Å². The Balaban J connectivity index is 1.69. The molecular weight excluding hydrogens is 320 g/mol. The van der Waals surface area contributed by atoms with Crippen molar-refractivity contribution in [2.75, 3.05) is 6.61 Å². The van der Waals surface area contributed by atoms with Gasteiger partial charge in [-0.1, -0.05) is 31.4 Å². The van der Waals surface area contributed by atoms with E-state index in [1.165, 1.54) is 37.7 Å². The lowest BCUT2D eigenvalue weighted by Gasteiger charge is -2.22. The van der Waals surface area contributed by atoms with Crippen LogP contribution >= 0.6 is 0 Å². The molecule has 5 nitrogen and oxygen atoms in total. The Labute approximate surface area is 146 Å². The SMILES string of the molecule is CCOC(=O)c1cc(=O)c(Oc2ccc(C3CCCCC3)cc2)co1. The van der Waals surface area contributed by atoms with Crippen molar-refractivity contribution in [1.82, 2.24) is 0 Å². The normalized spacial score (nSPS) is 14.9. The molecule has 1 aromatic heterocycles. The summed E-state index contributed by atoms with van der Waals surface area (Å²) in [6, 6.07) is 8.93. The molecule has 0 aliphatic heterocycles. The van der Waals surface area contributed by atoms with Crippen molar-refractivity contribution in [1.29, 1.82) is 0 Å². The average molecular weight is 342 g/mol. The molecule has 1 aliphatic carbocycles. The van der Waals surface area contributed by atoms with E-state index in [2.05, 4.69) is 12.1 Å². The van der Waals surface area contributed by atoms with Crippen LogP contribution in [0.25, 0.3) is 0 Å². The van der Waals surface area contributed by atoms with Gasteiger partial charge in [-0.3, -0.25) is 4.79 Å². The van der Waals surface area contributed by atoms with Gasteiger partial charge >= 0.3 is 5.97 Å². The van der Waals surface area contributed by atoms with E-state index in [-0.39, 0.29) is 18.1 Å². The number of carbonyl (C=O) groups is 1. The summed E-state index contributed by atoms with van der Waals surface area (Å²) in [6.07, 6.45) is 7.52. The second-order valence-corrected chi connectivity index (χ2v) is 6.20. The van der Waals surface area contributed by atoms with Crippen molar-refractivity contribution in [2.45, 2.75) is 44.9 Å². The van der Waals surface area contributed by atoms with Crippen LogP contribution in [0.1, 0.15) is 61.1 Å². The molecule has 0 unspecified atom stereocenters. The first kappa shape index (κ1) is 17.3. The van der Waals surface area contributed by atoms with E-state index >= 15 is 0 Å². The molecule has 1 aliphatic rings. The van der Waals surface area contributed by atoms with Gasteiger partial charge in [-0.15, -0.1) is 0 Å². The Morgan fingerprint density at radius 2 is 1.88 bits per heavy atom. The molecule has 0 radical (unpaired) electrons. The van der Waals surface area contributed by atoms with Crippen molar-refractivity contribution in [3.63, 3.8) is 0 Å². The highest BCUT2D eigenvalue weighted by molar-refractivity contribution is 5.86. The molecule has 1 aromatic carbocycles. The Kier molecular flexibility index (Phi) is 5.53. The summed E-state index contributed by atoms with van der Waals surface area (Å²) in [4.78, 5) is 23.6. The Hall–Kier alpha value is -2.56. The molecule has 0 saturated heterocycles. The lowest BCUT2D eigenvalue weighted by molar-refractivity contribution is 0.0486. The molecule has 3 rings (SSSR count). The largest absolute Gasteiger partial charge is 0.460 e. The van der Waals surface area contributed by atoms with Crippen molar-refractivity contribution in [3.05, 3.63) is 58.1 Å². The third kappa shape index (κ3) is 4.29. The molecule has 0 spiro atoms. The van der Waals surface area contributed by atoms with Crippen LogP contribution in [0.15, 0.2) is 45.8 Å². The molecule has 0 N–H and O–H groups in total. The van der Waals surface area contributed by atoms with Crippen molar-refractivity contribution < 1.29 is 18.7 Å². The maximum atomic E-state index is 12.1. The molecule has 1 fully saturated rings. The molecule has 0 atom stereocenters. The van der Waals surface area contributed by atoms with Gasteiger partial charge in [0, 0.05) is 6.07 Å². The van der Waals surface area contributed by atoms with Crippen LogP contribution in [0.5, 0.6) is 11.5 Å². The van der Waals surface area contributed by atoms with Gasteiger partial charge < -0.3 is 13.9 Å². The Morgan fingerprint density at radius 1 is 1.16 bits per heavy atom. The van der Waals surface area contributed by atoms with E-state index < -0.39 is 11.4 Å². The Morgan fingerprint density at radius 3 is 2.52 bits per heavy atom. The van der Waals surface area contributed by atoms with Gasteiger partial charge in [0.2, 0.25) is 16.9 Å². The van der Waals surface area contributed by atoms with E-state index in [1.807, 2.05) is 12.1 Å². The van der Waals surface area contributed by atoms with Crippen LogP contribution in [0.2, 0.25) is 0 Å². The minimum absolute atomic E-state index is 0.0402. The predicted molar refractivity (Wildman–Crippen MR) is 93.3 cm³/mol. The van der Waals surface area contributed by atoms with Crippen LogP contribution in [-0.4, -0.2) is 12.6 Å². The maximum Gasteiger partial charge on any atom is 0.374 e. The van der Waals surface area contributed by atoms with E-state index in [0.29, 0.717) is 11.7 Å². The molecule has 0 bridgehead atoms. The number of hydrogen-bond donors (Lipinski definition) is 0. The second kappa shape index (κ2) is 8.01. The molecule has 132 valence electrons. The fourth-order valence-corrected chi connectivity index (χ4v) is 3.15. The summed E-state index contributed by atoms with van der Waals surface area (Å²) in [5, 5.41) is 0. The summed E-state index contributed by atoms with van der Waals surface area (Å²) in [6.45, 7) is 1.90. The third-order valence-electron chi connectivity index (χ3n) is 4.46. The van der Waals surface area contributed by atoms with Crippen LogP contribution in [0.3, 0.4) is 0 Å². The number of hydrogen-bond acceptors (Lipinski definition) is 5. The standard InChI is InChI=1S/C20H22O5/c1-2-23-20(22)18-12-17(21)19(13-24-18)25-16-10-8-15(9-11-16)14-6-4-3-5-7-14/h8-14H,2-7H2,1H3. The zero-order valence-corrected chi connectivity index (χ0v) is 14.3. The van der Waals surface area contributed by atoms with Gasteiger partial charge in [-0.2, -0.15) is 0 Å². The molecule has 5 heteroatoms. The first-order valence-corrected chi connectivity index (χ1v) is 8.75. The third-order valence-corrected chi connectivity index (χ3v) is 4.46. The summed E-state index contributed by atoms with van der Waals surface area (Å²) < 4.78 is 15.5. The molecular formula is C20H22O5. The smallest absolute Gasteiger partial charge is 0.374 e. The topological polar surface area (TPSA) is 65.7 Å². The molecule has 25 heavy (non-hydrogen) atoms. The number of esters is 1. The lowest BCUT2D eigenvalue weighted by atomic mass is 9.84. The lowest BCUT2D eigenvalue weighted by Crippen LogP contribution is -2.10. The predicted octanol–water partition coefficient (Wildman–Crippen LogP) is 4.66. The molecule has 2 aromatic rings. The summed E-state index contributed by atoms with van der Waals surface area (Å²) in [5.74, 6) is 0.431. The van der Waals surface area contributed by atoms with Gasteiger partial charge in [-0.05, 0) is 43.4 Å². The van der Waals surface area contributed by atoms with E-state index in [1.54, 1.807) is 6.92 Å². The fourth-order valence-electron chi connectivity index (χ4n) is 3.15. The monoisotopic (exact) mass is 342 g/mol. The minimum atomic E-state index is -0.664. The number of rotatable bonds is 5. The summed E-state index contributed by atoms with van der Waals surface area (Å²) in [7, 11) is 0. The molecule has 1 saturated carbocycles. The highest BCUT2D eigenvalue weighted by Gasteiger charge is 2.16. The van der Waals surface area contributed by atoms with Gasteiger partial charge in [0.15, 0.2) is 0 Å². The summed E-state index contributed by atoms with van der Waals surface area (Å²) in [5.41, 5.74) is 0.891. The van der Waals surface area contributed by atoms with Crippen LogP contribution in [0.4, 0.5) is 0 Å². The average Bonchev–Trinajstić information content (AvgIpc) is 2.65. The van der Waals surface area contributed by atoms with E-state index in [0.717, 1.165) is 12.3 Å². The zero-order valence-electron chi connectivity index (χ0n) is 14.3. The number of ether oxygens (including phenoxy) is 2. The first-order chi connectivity index (χ1) is 12.2. The highest BCUT2D eigenvalue weighted by atomic mass is 16.5.